The Labute approximate surface area is 238 Å². The Balaban J connectivity index is 1.36. The summed E-state index contributed by atoms with van der Waals surface area (Å²) in [6, 6.07) is 13.9. The first kappa shape index (κ1) is 27.1. The van der Waals surface area contributed by atoms with Gasteiger partial charge in [-0.15, -0.1) is 0 Å². The molecule has 2 aromatic rings. The average molecular weight is 631 g/mol. The Kier molecular flexibility index (Phi) is 8.06. The molecule has 3 N–H and O–H groups in total. The lowest BCUT2D eigenvalue weighted by Gasteiger charge is -2.48. The maximum Gasteiger partial charge on any atom is 0.255 e. The fraction of sp³-hybridized carbons (Fsp3) is 0.483. The molecule has 0 aromatic heterocycles. The van der Waals surface area contributed by atoms with Crippen LogP contribution in [-0.2, 0) is 16.1 Å². The molecular formula is C29H37IN5O3+. The highest BCUT2D eigenvalue weighted by Gasteiger charge is 2.44. The van der Waals surface area contributed by atoms with E-state index < -0.39 is 6.04 Å². The zero-order valence-electron chi connectivity index (χ0n) is 22.1. The van der Waals surface area contributed by atoms with Crippen molar-refractivity contribution in [1.82, 2.24) is 20.0 Å². The van der Waals surface area contributed by atoms with E-state index in [1.165, 1.54) is 36.9 Å². The van der Waals surface area contributed by atoms with Crippen molar-refractivity contribution in [2.75, 3.05) is 18.4 Å². The highest BCUT2D eigenvalue weighted by Crippen LogP contribution is 2.41. The summed E-state index contributed by atoms with van der Waals surface area (Å²) in [7, 11) is 0. The van der Waals surface area contributed by atoms with Crippen molar-refractivity contribution in [3.05, 3.63) is 59.2 Å². The number of quaternary nitrogens is 1. The average Bonchev–Trinajstić information content (AvgIpc) is 3.23. The van der Waals surface area contributed by atoms with Crippen LogP contribution in [-0.4, -0.2) is 45.9 Å². The number of carbonyl (C=O) groups excluding carboxylic acids is 3. The van der Waals surface area contributed by atoms with Crippen LogP contribution in [0.15, 0.2) is 42.5 Å². The molecule has 1 saturated heterocycles. The molecule has 4 unspecified atom stereocenters. The number of piperidine rings is 1. The summed E-state index contributed by atoms with van der Waals surface area (Å²) in [6.45, 7) is 7.03. The first-order valence-electron chi connectivity index (χ1n) is 13.8. The minimum atomic E-state index is -0.604. The lowest BCUT2D eigenvalue weighted by atomic mass is 10.0. The molecule has 2 aromatic carbocycles. The number of nitrogens with zero attached hydrogens (tertiary/aromatic N) is 2. The minimum Gasteiger partial charge on any atom is -0.366 e. The van der Waals surface area contributed by atoms with Crippen molar-refractivity contribution in [1.29, 1.82) is 0 Å². The zero-order valence-corrected chi connectivity index (χ0v) is 24.3. The first-order valence-corrected chi connectivity index (χ1v) is 15.0. The van der Waals surface area contributed by atoms with Crippen LogP contribution >= 0.6 is 22.6 Å². The summed E-state index contributed by atoms with van der Waals surface area (Å²) in [4.78, 5) is 38.6. The number of halogens is 1. The lowest BCUT2D eigenvalue weighted by molar-refractivity contribution is -0.136. The van der Waals surface area contributed by atoms with Gasteiger partial charge in [-0.1, -0.05) is 31.9 Å². The molecule has 3 aliphatic rings. The molecule has 0 radical (unpaired) electrons. The number of alkyl halides is 1. The molecule has 0 aliphatic carbocycles. The standard InChI is InChI=1S/C29H36IN5O3/c1-3-5-6-9-16-35(4-2)24-11-8-7-10-22(24)26(33-29(35)30)31-20-12-13-21-19(17-20)18-34(28(21)38)23-14-15-25(36)32-27(23)37/h7-8,10-13,17,23,26,29,33H,3-6,9,14-16,18H2,1-2H3,(H-,31,32,36,37,38)/p+1. The molecule has 9 heteroatoms. The zero-order chi connectivity index (χ0) is 26.9. The number of rotatable bonds is 9. The first-order chi connectivity index (χ1) is 18.4. The van der Waals surface area contributed by atoms with Crippen LogP contribution in [0.25, 0.3) is 0 Å². The summed E-state index contributed by atoms with van der Waals surface area (Å²) >= 11 is 2.56. The Bertz CT molecular complexity index is 1240. The van der Waals surface area contributed by atoms with E-state index in [2.05, 4.69) is 76.7 Å². The van der Waals surface area contributed by atoms with Gasteiger partial charge in [-0.2, -0.15) is 0 Å². The minimum absolute atomic E-state index is 0.0667. The smallest absolute Gasteiger partial charge is 0.255 e. The molecule has 3 amide bonds. The van der Waals surface area contributed by atoms with Gasteiger partial charge in [0.15, 0.2) is 4.17 Å². The van der Waals surface area contributed by atoms with E-state index in [1.54, 1.807) is 4.90 Å². The quantitative estimate of drug-likeness (QED) is 0.0927. The van der Waals surface area contributed by atoms with Crippen molar-refractivity contribution in [2.45, 2.75) is 75.3 Å². The van der Waals surface area contributed by atoms with E-state index in [1.807, 2.05) is 18.2 Å². The molecule has 38 heavy (non-hydrogen) atoms. The molecule has 0 saturated carbocycles. The SMILES string of the molecule is CCCCCC[N+]1(CC)c2ccccc2C(Nc2ccc3c(c2)CN(C2CCC(=O)NC2=O)C3=O)NC1I. The van der Waals surface area contributed by atoms with Gasteiger partial charge in [-0.25, -0.2) is 5.32 Å². The molecule has 1 fully saturated rings. The monoisotopic (exact) mass is 630 g/mol. The predicted octanol–water partition coefficient (Wildman–Crippen LogP) is 4.79. The predicted molar refractivity (Wildman–Crippen MR) is 158 cm³/mol. The van der Waals surface area contributed by atoms with Crippen LogP contribution in [0.3, 0.4) is 0 Å². The van der Waals surface area contributed by atoms with Gasteiger partial charge in [-0.3, -0.25) is 24.2 Å². The van der Waals surface area contributed by atoms with Crippen LogP contribution in [0, 0.1) is 0 Å². The van der Waals surface area contributed by atoms with Crippen LogP contribution < -0.4 is 20.4 Å². The maximum atomic E-state index is 13.1. The van der Waals surface area contributed by atoms with E-state index in [0.29, 0.717) is 18.5 Å². The van der Waals surface area contributed by atoms with Crippen LogP contribution in [0.4, 0.5) is 11.4 Å². The lowest BCUT2D eigenvalue weighted by Crippen LogP contribution is -2.64. The number of carbonyl (C=O) groups is 3. The van der Waals surface area contributed by atoms with Crippen molar-refractivity contribution in [3.8, 4) is 0 Å². The van der Waals surface area contributed by atoms with Crippen LogP contribution in [0.2, 0.25) is 0 Å². The van der Waals surface area contributed by atoms with Gasteiger partial charge in [0, 0.05) is 46.8 Å². The van der Waals surface area contributed by atoms with E-state index in [0.717, 1.165) is 28.8 Å². The number of hydrogen-bond donors (Lipinski definition) is 3. The number of benzene rings is 2. The number of hydrogen-bond acceptors (Lipinski definition) is 5. The molecule has 0 spiro atoms. The van der Waals surface area contributed by atoms with Gasteiger partial charge in [0.05, 0.1) is 18.7 Å². The number of imide groups is 1. The maximum absolute atomic E-state index is 13.1. The Morgan fingerprint density at radius 3 is 2.66 bits per heavy atom. The van der Waals surface area contributed by atoms with Gasteiger partial charge < -0.3 is 10.2 Å². The second-order valence-electron chi connectivity index (χ2n) is 10.5. The van der Waals surface area contributed by atoms with Gasteiger partial charge in [0.2, 0.25) is 11.8 Å². The van der Waals surface area contributed by atoms with Crippen LogP contribution in [0.1, 0.15) is 80.0 Å². The van der Waals surface area contributed by atoms with Crippen LogP contribution in [0.5, 0.6) is 0 Å². The number of nitrogens with one attached hydrogen (secondary N) is 3. The Morgan fingerprint density at radius 1 is 1.08 bits per heavy atom. The Morgan fingerprint density at radius 2 is 1.89 bits per heavy atom. The molecular weight excluding hydrogens is 593 g/mol. The summed E-state index contributed by atoms with van der Waals surface area (Å²) in [5.74, 6) is -0.811. The van der Waals surface area contributed by atoms with Gasteiger partial charge in [-0.05, 0) is 62.1 Å². The number of para-hydroxylation sites is 1. The fourth-order valence-electron chi connectivity index (χ4n) is 6.12. The fourth-order valence-corrected chi connectivity index (χ4v) is 7.45. The summed E-state index contributed by atoms with van der Waals surface area (Å²) in [5.41, 5.74) is 5.06. The second-order valence-corrected chi connectivity index (χ2v) is 11.7. The molecule has 3 aliphatic heterocycles. The van der Waals surface area contributed by atoms with Gasteiger partial charge >= 0.3 is 0 Å². The number of fused-ring (bicyclic) bond motifs is 2. The number of amides is 3. The molecule has 202 valence electrons. The largest absolute Gasteiger partial charge is 0.366 e. The van der Waals surface area contributed by atoms with Crippen molar-refractivity contribution in [3.63, 3.8) is 0 Å². The second kappa shape index (κ2) is 11.3. The van der Waals surface area contributed by atoms with E-state index >= 15 is 0 Å². The molecule has 5 rings (SSSR count). The molecule has 3 heterocycles. The third-order valence-electron chi connectivity index (χ3n) is 8.28. The van der Waals surface area contributed by atoms with E-state index in [9.17, 15) is 14.4 Å². The van der Waals surface area contributed by atoms with E-state index in [4.69, 9.17) is 0 Å². The molecule has 8 nitrogen and oxygen atoms in total. The van der Waals surface area contributed by atoms with Crippen molar-refractivity contribution in [2.24, 2.45) is 0 Å². The third kappa shape index (κ3) is 4.96. The number of unbranched alkanes of at least 4 members (excludes halogenated alkanes) is 3. The normalized spacial score (nSPS) is 26.7. The van der Waals surface area contributed by atoms with Crippen molar-refractivity contribution >= 4 is 51.7 Å². The van der Waals surface area contributed by atoms with Gasteiger partial charge in [0.1, 0.15) is 17.9 Å². The van der Waals surface area contributed by atoms with Crippen molar-refractivity contribution < 1.29 is 14.4 Å². The molecule has 4 atom stereocenters. The highest BCUT2D eigenvalue weighted by molar-refractivity contribution is 14.1. The third-order valence-corrected chi connectivity index (χ3v) is 9.70. The summed E-state index contributed by atoms with van der Waals surface area (Å²) in [6.07, 6.45) is 5.53. The summed E-state index contributed by atoms with van der Waals surface area (Å²) < 4.78 is 1.13. The van der Waals surface area contributed by atoms with Gasteiger partial charge in [0.25, 0.3) is 5.91 Å². The van der Waals surface area contributed by atoms with E-state index in [-0.39, 0.29) is 34.5 Å². The number of anilines is 1. The topological polar surface area (TPSA) is 90.5 Å². The Hall–Kier alpha value is -2.50. The summed E-state index contributed by atoms with van der Waals surface area (Å²) in [5, 5.41) is 9.88. The highest BCUT2D eigenvalue weighted by atomic mass is 127. The molecule has 0 bridgehead atoms.